The molecular formula is C21H19FN2O2S. The van der Waals surface area contributed by atoms with Gasteiger partial charge in [-0.1, -0.05) is 18.2 Å². The molecule has 138 valence electrons. The van der Waals surface area contributed by atoms with Gasteiger partial charge < -0.3 is 4.90 Å². The Morgan fingerprint density at radius 1 is 0.963 bits per heavy atom. The van der Waals surface area contributed by atoms with E-state index in [-0.39, 0.29) is 4.90 Å². The summed E-state index contributed by atoms with van der Waals surface area (Å²) in [6, 6.07) is 12.5. The minimum Gasteiger partial charge on any atom is -0.377 e. The van der Waals surface area contributed by atoms with Gasteiger partial charge in [0, 0.05) is 36.4 Å². The molecule has 2 bridgehead atoms. The summed E-state index contributed by atoms with van der Waals surface area (Å²) >= 11 is 0. The van der Waals surface area contributed by atoms with E-state index in [1.54, 1.807) is 6.20 Å². The fourth-order valence-corrected chi connectivity index (χ4v) is 5.60. The number of nitrogens with zero attached hydrogens (tertiary/aromatic N) is 2. The molecule has 6 heteroatoms. The predicted octanol–water partition coefficient (Wildman–Crippen LogP) is 4.08. The number of hydrogen-bond acceptors (Lipinski definition) is 3. The number of rotatable bonds is 3. The lowest BCUT2D eigenvalue weighted by Gasteiger charge is -2.39. The third-order valence-electron chi connectivity index (χ3n) is 5.65. The number of fused-ring (bicyclic) bond motifs is 3. The molecule has 4 heterocycles. The summed E-state index contributed by atoms with van der Waals surface area (Å²) in [5.41, 5.74) is 2.84. The Kier molecular flexibility index (Phi) is 3.65. The molecule has 4 nitrogen and oxygen atoms in total. The van der Waals surface area contributed by atoms with Crippen LogP contribution >= 0.6 is 0 Å². The number of allylic oxidation sites excluding steroid dienone is 1. The Bertz CT molecular complexity index is 1150. The van der Waals surface area contributed by atoms with E-state index in [4.69, 9.17) is 0 Å². The van der Waals surface area contributed by atoms with Gasteiger partial charge in [-0.05, 0) is 54.7 Å². The highest BCUT2D eigenvalue weighted by Gasteiger charge is 2.31. The average Bonchev–Trinajstić information content (AvgIpc) is 3.10. The second-order valence-corrected chi connectivity index (χ2v) is 9.02. The molecule has 0 spiro atoms. The minimum absolute atomic E-state index is 0.0825. The fourth-order valence-electron chi connectivity index (χ4n) is 4.23. The fraction of sp³-hybridized carbons (Fsp3) is 0.238. The van der Waals surface area contributed by atoms with Crippen LogP contribution in [0.4, 0.5) is 4.39 Å². The van der Waals surface area contributed by atoms with Crippen molar-refractivity contribution >= 4 is 26.5 Å². The van der Waals surface area contributed by atoms with Crippen molar-refractivity contribution in [2.24, 2.45) is 5.92 Å². The van der Waals surface area contributed by atoms with E-state index in [1.807, 2.05) is 24.3 Å². The zero-order valence-electron chi connectivity index (χ0n) is 14.7. The summed E-state index contributed by atoms with van der Waals surface area (Å²) in [6.07, 6.45) is 6.14. The lowest BCUT2D eigenvalue weighted by molar-refractivity contribution is 0.252. The van der Waals surface area contributed by atoms with Gasteiger partial charge in [0.05, 0.1) is 10.4 Å². The van der Waals surface area contributed by atoms with Gasteiger partial charge in [0.25, 0.3) is 10.0 Å². The largest absolute Gasteiger partial charge is 0.377 e. The zero-order chi connectivity index (χ0) is 18.6. The van der Waals surface area contributed by atoms with Crippen molar-refractivity contribution < 1.29 is 12.8 Å². The van der Waals surface area contributed by atoms with Crippen molar-refractivity contribution in [3.05, 3.63) is 72.3 Å². The van der Waals surface area contributed by atoms with Crippen LogP contribution in [-0.2, 0) is 10.0 Å². The number of hydrogen-bond donors (Lipinski definition) is 0. The molecule has 3 aliphatic heterocycles. The molecule has 0 radical (unpaired) electrons. The van der Waals surface area contributed by atoms with Gasteiger partial charge in [-0.15, -0.1) is 0 Å². The summed E-state index contributed by atoms with van der Waals surface area (Å²) in [6.45, 7) is 2.14. The van der Waals surface area contributed by atoms with Gasteiger partial charge in [-0.2, -0.15) is 0 Å². The number of aromatic nitrogens is 1. The van der Waals surface area contributed by atoms with Gasteiger partial charge in [0.15, 0.2) is 0 Å². The van der Waals surface area contributed by atoms with Crippen molar-refractivity contribution in [2.45, 2.75) is 17.7 Å². The maximum absolute atomic E-state index is 13.2. The summed E-state index contributed by atoms with van der Waals surface area (Å²) < 4.78 is 41.0. The van der Waals surface area contributed by atoms with Crippen molar-refractivity contribution in [3.63, 3.8) is 0 Å². The molecule has 6 rings (SSSR count). The first-order valence-electron chi connectivity index (χ1n) is 9.11. The van der Waals surface area contributed by atoms with Crippen molar-refractivity contribution in [1.82, 2.24) is 8.87 Å². The molecule has 1 fully saturated rings. The molecular weight excluding hydrogens is 363 g/mol. The molecule has 0 unspecified atom stereocenters. The first-order valence-corrected chi connectivity index (χ1v) is 10.6. The van der Waals surface area contributed by atoms with Crippen LogP contribution in [0.2, 0.25) is 0 Å². The Labute approximate surface area is 157 Å². The maximum Gasteiger partial charge on any atom is 0.268 e. The highest BCUT2D eigenvalue weighted by molar-refractivity contribution is 7.90. The van der Waals surface area contributed by atoms with Gasteiger partial charge in [-0.3, -0.25) is 0 Å². The highest BCUT2D eigenvalue weighted by Crippen LogP contribution is 2.41. The summed E-state index contributed by atoms with van der Waals surface area (Å²) in [4.78, 5) is 2.40. The van der Waals surface area contributed by atoms with E-state index in [9.17, 15) is 12.8 Å². The molecule has 1 aromatic heterocycles. The third kappa shape index (κ3) is 2.58. The second-order valence-electron chi connectivity index (χ2n) is 7.21. The average molecular weight is 382 g/mol. The number of para-hydroxylation sites is 1. The Balaban J connectivity index is 1.72. The summed E-state index contributed by atoms with van der Waals surface area (Å²) in [7, 11) is -3.80. The molecule has 0 saturated carbocycles. The van der Waals surface area contributed by atoms with Crippen LogP contribution in [0.5, 0.6) is 0 Å². The van der Waals surface area contributed by atoms with Crippen molar-refractivity contribution in [2.75, 3.05) is 13.1 Å². The Hall–Kier alpha value is -2.60. The van der Waals surface area contributed by atoms with Crippen molar-refractivity contribution in [3.8, 4) is 0 Å². The van der Waals surface area contributed by atoms with Gasteiger partial charge in [0.2, 0.25) is 0 Å². The smallest absolute Gasteiger partial charge is 0.268 e. The molecule has 3 aliphatic rings. The second kappa shape index (κ2) is 5.96. The SMILES string of the molecule is O=S(=O)(c1ccc(F)cc1)n1cc(C2=CN3CCC2CC3)c2ccccc21. The first kappa shape index (κ1) is 16.6. The number of benzene rings is 2. The molecule has 0 amide bonds. The number of piperidine rings is 1. The van der Waals surface area contributed by atoms with E-state index in [0.29, 0.717) is 11.4 Å². The normalized spacial score (nSPS) is 17.5. The minimum atomic E-state index is -3.80. The standard InChI is InChI=1S/C21H19FN2O2S/c22-16-5-7-17(8-6-16)27(25,26)24-14-20(18-3-1-2-4-21(18)24)19-13-23-11-9-15(19)10-12-23/h1-8,13-15H,9-12H2. The van der Waals surface area contributed by atoms with Crippen LogP contribution in [0.25, 0.3) is 16.5 Å². The zero-order valence-corrected chi connectivity index (χ0v) is 15.5. The molecule has 3 aromatic rings. The van der Waals surface area contributed by atoms with E-state index < -0.39 is 15.8 Å². The maximum atomic E-state index is 13.2. The predicted molar refractivity (Wildman–Crippen MR) is 103 cm³/mol. The van der Waals surface area contributed by atoms with Crippen LogP contribution in [0, 0.1) is 11.7 Å². The highest BCUT2D eigenvalue weighted by atomic mass is 32.2. The van der Waals surface area contributed by atoms with Crippen LogP contribution < -0.4 is 0 Å². The van der Waals surface area contributed by atoms with Crippen LogP contribution in [0.15, 0.2) is 65.8 Å². The molecule has 0 aliphatic carbocycles. The summed E-state index contributed by atoms with van der Waals surface area (Å²) in [5, 5.41) is 0.934. The Morgan fingerprint density at radius 2 is 1.67 bits per heavy atom. The third-order valence-corrected chi connectivity index (χ3v) is 7.34. The van der Waals surface area contributed by atoms with Crippen LogP contribution in [0.3, 0.4) is 0 Å². The van der Waals surface area contributed by atoms with Gasteiger partial charge in [0.1, 0.15) is 5.82 Å². The van der Waals surface area contributed by atoms with Crippen LogP contribution in [-0.4, -0.2) is 30.4 Å². The van der Waals surface area contributed by atoms with E-state index in [0.717, 1.165) is 36.9 Å². The monoisotopic (exact) mass is 382 g/mol. The van der Waals surface area contributed by atoms with Gasteiger partial charge in [-0.25, -0.2) is 16.8 Å². The molecule has 1 saturated heterocycles. The van der Waals surface area contributed by atoms with Crippen LogP contribution in [0.1, 0.15) is 18.4 Å². The molecule has 2 aromatic carbocycles. The lowest BCUT2D eigenvalue weighted by Crippen LogP contribution is -2.35. The number of halogens is 1. The van der Waals surface area contributed by atoms with E-state index in [2.05, 4.69) is 11.1 Å². The molecule has 27 heavy (non-hydrogen) atoms. The van der Waals surface area contributed by atoms with Crippen molar-refractivity contribution in [1.29, 1.82) is 0 Å². The topological polar surface area (TPSA) is 42.3 Å². The van der Waals surface area contributed by atoms with Gasteiger partial charge >= 0.3 is 0 Å². The molecule has 0 N–H and O–H groups in total. The first-order chi connectivity index (χ1) is 13.0. The lowest BCUT2D eigenvalue weighted by atomic mass is 9.82. The Morgan fingerprint density at radius 3 is 2.33 bits per heavy atom. The summed E-state index contributed by atoms with van der Waals surface area (Å²) in [5.74, 6) is 0.0206. The van der Waals surface area contributed by atoms with E-state index in [1.165, 1.54) is 33.8 Å². The quantitative estimate of drug-likeness (QED) is 0.685. The molecule has 0 atom stereocenters. The van der Waals surface area contributed by atoms with E-state index >= 15 is 0 Å².